The van der Waals surface area contributed by atoms with Gasteiger partial charge in [0, 0.05) is 49.3 Å². The molecule has 0 saturated carbocycles. The molecule has 0 unspecified atom stereocenters. The Balaban J connectivity index is 1.44. The van der Waals surface area contributed by atoms with E-state index in [0.29, 0.717) is 70.4 Å². The largest absolute Gasteiger partial charge is 0.457 e. The highest BCUT2D eigenvalue weighted by atomic mass is 35.5. The molecule has 1 N–H and O–H groups in total. The van der Waals surface area contributed by atoms with Crippen molar-refractivity contribution in [3.05, 3.63) is 75.4 Å². The third kappa shape index (κ3) is 6.01. The third-order valence-corrected chi connectivity index (χ3v) is 6.79. The number of carbonyl (C=O) groups excluding carboxylic acids is 2. The van der Waals surface area contributed by atoms with Gasteiger partial charge in [0.1, 0.15) is 11.5 Å². The molecule has 3 aromatic rings. The van der Waals surface area contributed by atoms with E-state index in [1.54, 1.807) is 42.5 Å². The Hall–Kier alpha value is -2.93. The van der Waals surface area contributed by atoms with Gasteiger partial charge < -0.3 is 19.5 Å². The molecule has 1 aliphatic rings. The van der Waals surface area contributed by atoms with Gasteiger partial charge in [0.25, 0.3) is 0 Å². The maximum absolute atomic E-state index is 12.7. The Morgan fingerprint density at radius 3 is 2.54 bits per heavy atom. The molecule has 9 heteroatoms. The van der Waals surface area contributed by atoms with Crippen molar-refractivity contribution in [2.75, 3.05) is 36.4 Å². The van der Waals surface area contributed by atoms with Crippen molar-refractivity contribution in [3.63, 3.8) is 0 Å². The first-order valence-corrected chi connectivity index (χ1v) is 12.3. The summed E-state index contributed by atoms with van der Waals surface area (Å²) < 4.78 is 5.81. The number of rotatable bonds is 6. The van der Waals surface area contributed by atoms with Gasteiger partial charge in [0.15, 0.2) is 0 Å². The van der Waals surface area contributed by atoms with Crippen molar-refractivity contribution in [2.45, 2.75) is 13.3 Å². The summed E-state index contributed by atoms with van der Waals surface area (Å²) in [5.74, 6) is 0.870. The van der Waals surface area contributed by atoms with Crippen LogP contribution in [0.2, 0.25) is 15.1 Å². The van der Waals surface area contributed by atoms with Gasteiger partial charge in [-0.1, -0.05) is 47.8 Å². The van der Waals surface area contributed by atoms with Crippen LogP contribution >= 0.6 is 34.8 Å². The SMILES string of the molecule is CCC(=O)N1CCN(c2ccc(Cl)cc2NC(=O)C=Cc2ccc(-c3cccc(Cl)c3Cl)o2)CC1. The summed E-state index contributed by atoms with van der Waals surface area (Å²) in [5, 5.41) is 4.27. The maximum atomic E-state index is 12.7. The summed E-state index contributed by atoms with van der Waals surface area (Å²) in [7, 11) is 0. The minimum atomic E-state index is -0.327. The smallest absolute Gasteiger partial charge is 0.248 e. The Morgan fingerprint density at radius 2 is 1.80 bits per heavy atom. The second-order valence-corrected chi connectivity index (χ2v) is 9.23. The summed E-state index contributed by atoms with van der Waals surface area (Å²) >= 11 is 18.6. The summed E-state index contributed by atoms with van der Waals surface area (Å²) in [5.41, 5.74) is 2.14. The molecule has 2 amide bonds. The Kier molecular flexibility index (Phi) is 8.06. The van der Waals surface area contributed by atoms with Crippen molar-refractivity contribution in [1.82, 2.24) is 4.90 Å². The van der Waals surface area contributed by atoms with Crippen LogP contribution in [-0.4, -0.2) is 42.9 Å². The molecule has 0 radical (unpaired) electrons. The summed E-state index contributed by atoms with van der Waals surface area (Å²) in [6.45, 7) is 4.49. The average Bonchev–Trinajstić information content (AvgIpc) is 3.33. The Bertz CT molecular complexity index is 1260. The fraction of sp³-hybridized carbons (Fsp3) is 0.231. The van der Waals surface area contributed by atoms with E-state index in [1.807, 2.05) is 24.0 Å². The third-order valence-electron chi connectivity index (χ3n) is 5.73. The molecule has 182 valence electrons. The van der Waals surface area contributed by atoms with Gasteiger partial charge in [0.2, 0.25) is 11.8 Å². The van der Waals surface area contributed by atoms with Crippen molar-refractivity contribution >= 4 is 64.1 Å². The van der Waals surface area contributed by atoms with Gasteiger partial charge in [-0.2, -0.15) is 0 Å². The number of nitrogens with one attached hydrogen (secondary N) is 1. The lowest BCUT2D eigenvalue weighted by Crippen LogP contribution is -2.48. The molecule has 1 saturated heterocycles. The number of hydrogen-bond donors (Lipinski definition) is 1. The molecule has 1 fully saturated rings. The first kappa shape index (κ1) is 25.2. The van der Waals surface area contributed by atoms with Crippen LogP contribution in [0.4, 0.5) is 11.4 Å². The number of hydrogen-bond acceptors (Lipinski definition) is 4. The molecule has 0 aliphatic carbocycles. The van der Waals surface area contributed by atoms with E-state index in [-0.39, 0.29) is 11.8 Å². The normalized spacial score (nSPS) is 13.9. The predicted octanol–water partition coefficient (Wildman–Crippen LogP) is 6.62. The van der Waals surface area contributed by atoms with Crippen LogP contribution in [0, 0.1) is 0 Å². The van der Waals surface area contributed by atoms with Gasteiger partial charge in [-0.05, 0) is 48.5 Å². The second kappa shape index (κ2) is 11.2. The first-order valence-electron chi connectivity index (χ1n) is 11.2. The molecule has 1 aliphatic heterocycles. The van der Waals surface area contributed by atoms with Gasteiger partial charge in [-0.15, -0.1) is 0 Å². The Morgan fingerprint density at radius 1 is 1.03 bits per heavy atom. The number of furan rings is 1. The molecular formula is C26H24Cl3N3O3. The molecule has 6 nitrogen and oxygen atoms in total. The zero-order valence-corrected chi connectivity index (χ0v) is 21.3. The van der Waals surface area contributed by atoms with E-state index in [2.05, 4.69) is 10.2 Å². The van der Waals surface area contributed by atoms with Crippen LogP contribution in [0.15, 0.2) is 59.0 Å². The van der Waals surface area contributed by atoms with E-state index >= 15 is 0 Å². The molecule has 0 spiro atoms. The standard InChI is InChI=1S/C26H24Cl3N3O3/c1-2-25(34)32-14-12-31(13-15-32)22-9-6-17(27)16-21(22)30-24(33)11-8-18-7-10-23(35-18)19-4-3-5-20(28)26(19)29/h3-11,16H,2,12-15H2,1H3,(H,30,33). The first-order chi connectivity index (χ1) is 16.9. The number of amides is 2. The minimum Gasteiger partial charge on any atom is -0.457 e. The van der Waals surface area contributed by atoms with Crippen LogP contribution in [0.5, 0.6) is 0 Å². The van der Waals surface area contributed by atoms with Gasteiger partial charge >= 0.3 is 0 Å². The van der Waals surface area contributed by atoms with Crippen molar-refractivity contribution in [3.8, 4) is 11.3 Å². The highest BCUT2D eigenvalue weighted by Gasteiger charge is 2.22. The minimum absolute atomic E-state index is 0.151. The molecule has 0 atom stereocenters. The highest BCUT2D eigenvalue weighted by Crippen LogP contribution is 2.34. The zero-order chi connectivity index (χ0) is 24.9. The average molecular weight is 533 g/mol. The molecule has 2 aromatic carbocycles. The van der Waals surface area contributed by atoms with Crippen LogP contribution in [0.1, 0.15) is 19.1 Å². The maximum Gasteiger partial charge on any atom is 0.248 e. The lowest BCUT2D eigenvalue weighted by molar-refractivity contribution is -0.131. The fourth-order valence-electron chi connectivity index (χ4n) is 3.92. The van der Waals surface area contributed by atoms with Gasteiger partial charge in [-0.3, -0.25) is 9.59 Å². The zero-order valence-electron chi connectivity index (χ0n) is 19.1. The van der Waals surface area contributed by atoms with E-state index in [4.69, 9.17) is 39.2 Å². The highest BCUT2D eigenvalue weighted by molar-refractivity contribution is 6.43. The number of nitrogens with zero attached hydrogens (tertiary/aromatic N) is 2. The van der Waals surface area contributed by atoms with E-state index in [0.717, 1.165) is 5.69 Å². The monoisotopic (exact) mass is 531 g/mol. The van der Waals surface area contributed by atoms with Crippen LogP contribution in [0.25, 0.3) is 17.4 Å². The summed E-state index contributed by atoms with van der Waals surface area (Å²) in [6, 6.07) is 14.2. The molecule has 0 bridgehead atoms. The number of benzene rings is 2. The number of halogens is 3. The van der Waals surface area contributed by atoms with Crippen molar-refractivity contribution < 1.29 is 14.0 Å². The molecule has 1 aromatic heterocycles. The van der Waals surface area contributed by atoms with E-state index in [9.17, 15) is 9.59 Å². The lowest BCUT2D eigenvalue weighted by atomic mass is 10.2. The Labute approximate surface area is 219 Å². The molecule has 4 rings (SSSR count). The molecule has 2 heterocycles. The summed E-state index contributed by atoms with van der Waals surface area (Å²) in [6.07, 6.45) is 3.47. The van der Waals surface area contributed by atoms with E-state index < -0.39 is 0 Å². The van der Waals surface area contributed by atoms with Crippen molar-refractivity contribution in [1.29, 1.82) is 0 Å². The predicted molar refractivity (Wildman–Crippen MR) is 142 cm³/mol. The van der Waals surface area contributed by atoms with Crippen LogP contribution in [-0.2, 0) is 9.59 Å². The van der Waals surface area contributed by atoms with Gasteiger partial charge in [0.05, 0.1) is 21.4 Å². The van der Waals surface area contributed by atoms with Crippen molar-refractivity contribution in [2.24, 2.45) is 0 Å². The molecule has 35 heavy (non-hydrogen) atoms. The number of anilines is 2. The second-order valence-electron chi connectivity index (χ2n) is 8.01. The quantitative estimate of drug-likeness (QED) is 0.363. The summed E-state index contributed by atoms with van der Waals surface area (Å²) in [4.78, 5) is 28.7. The van der Waals surface area contributed by atoms with Crippen LogP contribution < -0.4 is 10.2 Å². The van der Waals surface area contributed by atoms with Crippen LogP contribution in [0.3, 0.4) is 0 Å². The number of piperazine rings is 1. The lowest BCUT2D eigenvalue weighted by Gasteiger charge is -2.37. The fourth-order valence-corrected chi connectivity index (χ4v) is 4.48. The number of carbonyl (C=O) groups is 2. The van der Waals surface area contributed by atoms with Gasteiger partial charge in [-0.25, -0.2) is 0 Å². The molecular weight excluding hydrogens is 509 g/mol. The topological polar surface area (TPSA) is 65.8 Å². The van der Waals surface area contributed by atoms with E-state index in [1.165, 1.54) is 6.08 Å².